The highest BCUT2D eigenvalue weighted by Gasteiger charge is 2.29. The Morgan fingerprint density at radius 1 is 1.08 bits per heavy atom. The third kappa shape index (κ3) is 4.44. The third-order valence-corrected chi connectivity index (χ3v) is 4.83. The van der Waals surface area contributed by atoms with Crippen molar-refractivity contribution in [3.05, 3.63) is 66.0 Å². The zero-order valence-electron chi connectivity index (χ0n) is 14.9. The number of amides is 1. The highest BCUT2D eigenvalue weighted by atomic mass is 16.1. The normalized spacial score (nSPS) is 18.5. The van der Waals surface area contributed by atoms with Gasteiger partial charge in [-0.1, -0.05) is 30.3 Å². The lowest BCUT2D eigenvalue weighted by molar-refractivity contribution is 0.0791. The van der Waals surface area contributed by atoms with Crippen LogP contribution in [0.15, 0.2) is 54.9 Å². The number of piperazine rings is 1. The SMILES string of the molecule is C[C@H](NC(=O)c1cccnc1)[C@@H](c1ccccc1)N1CCN(C)CC1. The largest absolute Gasteiger partial charge is 0.348 e. The van der Waals surface area contributed by atoms with Crippen LogP contribution in [-0.4, -0.2) is 60.0 Å². The summed E-state index contributed by atoms with van der Waals surface area (Å²) in [5.74, 6) is -0.0735. The van der Waals surface area contributed by atoms with Crippen molar-refractivity contribution in [3.63, 3.8) is 0 Å². The van der Waals surface area contributed by atoms with Crippen LogP contribution >= 0.6 is 0 Å². The summed E-state index contributed by atoms with van der Waals surface area (Å²) in [4.78, 5) is 21.4. The predicted molar refractivity (Wildman–Crippen MR) is 99.4 cm³/mol. The Bertz CT molecular complexity index is 669. The van der Waals surface area contributed by atoms with Gasteiger partial charge in [-0.25, -0.2) is 0 Å². The average molecular weight is 338 g/mol. The number of rotatable bonds is 5. The van der Waals surface area contributed by atoms with E-state index in [4.69, 9.17) is 0 Å². The minimum Gasteiger partial charge on any atom is -0.348 e. The van der Waals surface area contributed by atoms with Crippen LogP contribution < -0.4 is 5.32 Å². The van der Waals surface area contributed by atoms with Gasteiger partial charge < -0.3 is 10.2 Å². The second-order valence-electron chi connectivity index (χ2n) is 6.70. The van der Waals surface area contributed by atoms with E-state index in [-0.39, 0.29) is 18.0 Å². The van der Waals surface area contributed by atoms with Gasteiger partial charge in [-0.15, -0.1) is 0 Å². The van der Waals surface area contributed by atoms with Crippen LogP contribution in [0.25, 0.3) is 0 Å². The summed E-state index contributed by atoms with van der Waals surface area (Å²) < 4.78 is 0. The Morgan fingerprint density at radius 2 is 1.80 bits per heavy atom. The molecule has 0 bridgehead atoms. The lowest BCUT2D eigenvalue weighted by Crippen LogP contribution is -2.51. The number of hydrogen-bond donors (Lipinski definition) is 1. The van der Waals surface area contributed by atoms with Crippen molar-refractivity contribution in [2.45, 2.75) is 19.0 Å². The summed E-state index contributed by atoms with van der Waals surface area (Å²) in [6, 6.07) is 14.2. The molecule has 0 unspecified atom stereocenters. The number of likely N-dealkylation sites (N-methyl/N-ethyl adjacent to an activating group) is 1. The molecular weight excluding hydrogens is 312 g/mol. The molecule has 132 valence electrons. The minimum absolute atomic E-state index is 0.00138. The van der Waals surface area contributed by atoms with E-state index in [0.29, 0.717) is 5.56 Å². The molecule has 1 N–H and O–H groups in total. The fraction of sp³-hybridized carbons (Fsp3) is 0.400. The van der Waals surface area contributed by atoms with Crippen LogP contribution in [0.1, 0.15) is 28.9 Å². The summed E-state index contributed by atoms with van der Waals surface area (Å²) in [5, 5.41) is 3.17. The van der Waals surface area contributed by atoms with Crippen molar-refractivity contribution < 1.29 is 4.79 Å². The van der Waals surface area contributed by atoms with Crippen LogP contribution in [0, 0.1) is 0 Å². The van der Waals surface area contributed by atoms with Crippen molar-refractivity contribution in [1.29, 1.82) is 0 Å². The van der Waals surface area contributed by atoms with Gasteiger partial charge in [0.2, 0.25) is 0 Å². The molecule has 0 radical (unpaired) electrons. The first-order chi connectivity index (χ1) is 12.1. The molecule has 1 amide bonds. The molecule has 2 atom stereocenters. The molecule has 1 aromatic carbocycles. The standard InChI is InChI=1S/C20H26N4O/c1-16(22-20(25)18-9-6-10-21-15-18)19(17-7-4-3-5-8-17)24-13-11-23(2)12-14-24/h3-10,15-16,19H,11-14H2,1-2H3,(H,22,25)/t16-,19-/m0/s1. The molecule has 3 rings (SSSR count). The maximum absolute atomic E-state index is 12.5. The summed E-state index contributed by atoms with van der Waals surface area (Å²) in [6.45, 7) is 6.19. The molecule has 1 saturated heterocycles. The van der Waals surface area contributed by atoms with Crippen LogP contribution in [0.2, 0.25) is 0 Å². The fourth-order valence-electron chi connectivity index (χ4n) is 3.43. The molecule has 1 aliphatic heterocycles. The van der Waals surface area contributed by atoms with E-state index in [1.165, 1.54) is 5.56 Å². The molecule has 25 heavy (non-hydrogen) atoms. The minimum atomic E-state index is -0.0735. The van der Waals surface area contributed by atoms with Gasteiger partial charge in [0.25, 0.3) is 5.91 Å². The van der Waals surface area contributed by atoms with Crippen molar-refractivity contribution in [2.75, 3.05) is 33.2 Å². The first kappa shape index (κ1) is 17.6. The second-order valence-corrected chi connectivity index (χ2v) is 6.70. The maximum atomic E-state index is 12.5. The maximum Gasteiger partial charge on any atom is 0.253 e. The van der Waals surface area contributed by atoms with Crippen LogP contribution in [0.3, 0.4) is 0 Å². The number of pyridine rings is 1. The number of nitrogens with zero attached hydrogens (tertiary/aromatic N) is 3. The van der Waals surface area contributed by atoms with Gasteiger partial charge in [-0.2, -0.15) is 0 Å². The first-order valence-corrected chi connectivity index (χ1v) is 8.83. The van der Waals surface area contributed by atoms with Crippen molar-refractivity contribution in [1.82, 2.24) is 20.1 Å². The van der Waals surface area contributed by atoms with Gasteiger partial charge in [-0.3, -0.25) is 14.7 Å². The Morgan fingerprint density at radius 3 is 2.44 bits per heavy atom. The number of aromatic nitrogens is 1. The van der Waals surface area contributed by atoms with Crippen molar-refractivity contribution >= 4 is 5.91 Å². The summed E-state index contributed by atoms with van der Waals surface area (Å²) in [6.07, 6.45) is 3.28. The Kier molecular flexibility index (Phi) is 5.79. The molecule has 5 heteroatoms. The number of benzene rings is 1. The monoisotopic (exact) mass is 338 g/mol. The topological polar surface area (TPSA) is 48.5 Å². The van der Waals surface area contributed by atoms with Crippen molar-refractivity contribution in [3.8, 4) is 0 Å². The molecule has 1 aliphatic rings. The second kappa shape index (κ2) is 8.23. The molecule has 2 aromatic rings. The molecule has 0 saturated carbocycles. The zero-order valence-corrected chi connectivity index (χ0v) is 14.9. The number of carbonyl (C=O) groups is 1. The third-order valence-electron chi connectivity index (χ3n) is 4.83. The quantitative estimate of drug-likeness (QED) is 0.908. The lowest BCUT2D eigenvalue weighted by Gasteiger charge is -2.41. The zero-order chi connectivity index (χ0) is 17.6. The van der Waals surface area contributed by atoms with Gasteiger partial charge in [0.05, 0.1) is 11.6 Å². The molecule has 0 spiro atoms. The molecule has 1 fully saturated rings. The van der Waals surface area contributed by atoms with Gasteiger partial charge in [-0.05, 0) is 31.7 Å². The van der Waals surface area contributed by atoms with Gasteiger partial charge >= 0.3 is 0 Å². The van der Waals surface area contributed by atoms with E-state index in [1.54, 1.807) is 24.5 Å². The van der Waals surface area contributed by atoms with Gasteiger partial charge in [0, 0.05) is 44.6 Å². The Labute approximate surface area is 149 Å². The summed E-state index contributed by atoms with van der Waals surface area (Å²) >= 11 is 0. The smallest absolute Gasteiger partial charge is 0.253 e. The van der Waals surface area contributed by atoms with Gasteiger partial charge in [0.1, 0.15) is 0 Å². The molecule has 1 aromatic heterocycles. The van der Waals surface area contributed by atoms with Crippen LogP contribution in [0.5, 0.6) is 0 Å². The Balaban J connectivity index is 1.77. The predicted octanol–water partition coefficient (Wildman–Crippen LogP) is 2.19. The van der Waals surface area contributed by atoms with E-state index in [9.17, 15) is 4.79 Å². The molecule has 0 aliphatic carbocycles. The fourth-order valence-corrected chi connectivity index (χ4v) is 3.43. The first-order valence-electron chi connectivity index (χ1n) is 8.83. The van der Waals surface area contributed by atoms with E-state index in [0.717, 1.165) is 26.2 Å². The molecule has 2 heterocycles. The van der Waals surface area contributed by atoms with Crippen LogP contribution in [-0.2, 0) is 0 Å². The lowest BCUT2D eigenvalue weighted by atomic mass is 9.97. The summed E-state index contributed by atoms with van der Waals surface area (Å²) in [5.41, 5.74) is 1.84. The number of hydrogen-bond acceptors (Lipinski definition) is 4. The molecular formula is C20H26N4O. The Hall–Kier alpha value is -2.24. The van der Waals surface area contributed by atoms with E-state index >= 15 is 0 Å². The highest BCUT2D eigenvalue weighted by molar-refractivity contribution is 5.94. The van der Waals surface area contributed by atoms with E-state index in [2.05, 4.69) is 58.3 Å². The van der Waals surface area contributed by atoms with E-state index < -0.39 is 0 Å². The number of carbonyl (C=O) groups excluding carboxylic acids is 1. The summed E-state index contributed by atoms with van der Waals surface area (Å²) in [7, 11) is 2.16. The molecule has 5 nitrogen and oxygen atoms in total. The average Bonchev–Trinajstić information content (AvgIpc) is 2.65. The van der Waals surface area contributed by atoms with Gasteiger partial charge in [0.15, 0.2) is 0 Å². The number of nitrogens with one attached hydrogen (secondary N) is 1. The van der Waals surface area contributed by atoms with Crippen molar-refractivity contribution in [2.24, 2.45) is 0 Å². The van der Waals surface area contributed by atoms with E-state index in [1.807, 2.05) is 6.07 Å². The highest BCUT2D eigenvalue weighted by Crippen LogP contribution is 2.25. The van der Waals surface area contributed by atoms with Crippen LogP contribution in [0.4, 0.5) is 0 Å².